The number of pyridine rings is 1. The Hall–Kier alpha value is -4.43. The number of methoxy groups -OCH3 is 1. The van der Waals surface area contributed by atoms with Crippen molar-refractivity contribution < 1.29 is 13.2 Å². The maximum atomic E-state index is 13.0. The largest absolute Gasteiger partial charge is 0.383 e. The van der Waals surface area contributed by atoms with Crippen LogP contribution < -0.4 is 14.9 Å². The third kappa shape index (κ3) is 7.93. The van der Waals surface area contributed by atoms with Crippen LogP contribution in [-0.4, -0.2) is 79.7 Å². The third-order valence-corrected chi connectivity index (χ3v) is 10.6. The normalized spacial score (nSPS) is 14.0. The number of nitrogens with one attached hydrogen (secondary N) is 2. The van der Waals surface area contributed by atoms with E-state index in [4.69, 9.17) is 19.7 Å². The van der Waals surface area contributed by atoms with Crippen molar-refractivity contribution in [1.82, 2.24) is 24.8 Å². The lowest BCUT2D eigenvalue weighted by molar-refractivity contribution is 0.144. The average Bonchev–Trinajstić information content (AvgIpc) is 3.55. The maximum absolute atomic E-state index is 13.0. The molecule has 0 aliphatic carbocycles. The molecule has 13 heteroatoms. The van der Waals surface area contributed by atoms with E-state index >= 15 is 0 Å². The van der Waals surface area contributed by atoms with Crippen LogP contribution in [0, 0.1) is 0 Å². The highest BCUT2D eigenvalue weighted by molar-refractivity contribution is 7.92. The molecule has 47 heavy (non-hydrogen) atoms. The predicted molar refractivity (Wildman–Crippen MR) is 188 cm³/mol. The Bertz CT molecular complexity index is 1890. The number of thiazole rings is 1. The summed E-state index contributed by atoms with van der Waals surface area (Å²) in [6.07, 6.45) is 3.53. The zero-order valence-corrected chi connectivity index (χ0v) is 28.3. The molecule has 0 amide bonds. The van der Waals surface area contributed by atoms with Crippen LogP contribution in [0.2, 0.25) is 0 Å². The van der Waals surface area contributed by atoms with Gasteiger partial charge in [0.1, 0.15) is 5.82 Å². The molecule has 0 atom stereocenters. The molecule has 1 fully saturated rings. The smallest absolute Gasteiger partial charge is 0.261 e. The van der Waals surface area contributed by atoms with Crippen LogP contribution in [0.5, 0.6) is 0 Å². The van der Waals surface area contributed by atoms with Crippen molar-refractivity contribution in [3.63, 3.8) is 0 Å². The molecule has 1 aliphatic rings. The number of nitrogens with zero attached hydrogens (tertiary/aromatic N) is 6. The quantitative estimate of drug-likeness (QED) is 0.161. The molecule has 0 saturated carbocycles. The molecule has 1 aliphatic heterocycles. The van der Waals surface area contributed by atoms with Gasteiger partial charge >= 0.3 is 0 Å². The molecule has 5 aromatic rings. The molecule has 0 bridgehead atoms. The van der Waals surface area contributed by atoms with E-state index < -0.39 is 10.0 Å². The van der Waals surface area contributed by atoms with Crippen molar-refractivity contribution in [3.8, 4) is 21.8 Å². The van der Waals surface area contributed by atoms with Crippen molar-refractivity contribution in [1.29, 1.82) is 0 Å². The molecule has 2 aromatic carbocycles. The molecule has 3 aromatic heterocycles. The van der Waals surface area contributed by atoms with E-state index in [2.05, 4.69) is 38.7 Å². The highest BCUT2D eigenvalue weighted by Gasteiger charge is 2.21. The van der Waals surface area contributed by atoms with Gasteiger partial charge in [-0.1, -0.05) is 44.2 Å². The van der Waals surface area contributed by atoms with E-state index in [1.807, 2.05) is 30.3 Å². The van der Waals surface area contributed by atoms with Crippen molar-refractivity contribution in [2.24, 2.45) is 0 Å². The molecule has 0 radical (unpaired) electrons. The van der Waals surface area contributed by atoms with Crippen LogP contribution in [0.1, 0.15) is 24.8 Å². The first-order valence-corrected chi connectivity index (χ1v) is 17.8. The molecule has 11 nitrogen and oxygen atoms in total. The van der Waals surface area contributed by atoms with Crippen LogP contribution in [0.3, 0.4) is 0 Å². The zero-order chi connectivity index (χ0) is 32.8. The Labute approximate surface area is 279 Å². The highest BCUT2D eigenvalue weighted by Crippen LogP contribution is 2.39. The van der Waals surface area contributed by atoms with Gasteiger partial charge in [-0.15, -0.1) is 11.3 Å². The van der Waals surface area contributed by atoms with E-state index in [9.17, 15) is 8.42 Å². The summed E-state index contributed by atoms with van der Waals surface area (Å²) < 4.78 is 33.9. The molecule has 4 heterocycles. The monoisotopic (exact) mass is 670 g/mol. The first-order chi connectivity index (χ1) is 22.8. The summed E-state index contributed by atoms with van der Waals surface area (Å²) in [7, 11) is -2.01. The summed E-state index contributed by atoms with van der Waals surface area (Å²) in [5, 5.41) is 4.25. The van der Waals surface area contributed by atoms with E-state index in [1.165, 1.54) is 0 Å². The fraction of sp³-hybridized carbons (Fsp3) is 0.294. The van der Waals surface area contributed by atoms with Crippen molar-refractivity contribution in [3.05, 3.63) is 90.2 Å². The number of anilines is 4. The molecule has 244 valence electrons. The van der Waals surface area contributed by atoms with Gasteiger partial charge in [0.05, 0.1) is 44.7 Å². The van der Waals surface area contributed by atoms with Gasteiger partial charge in [0.25, 0.3) is 10.0 Å². The summed E-state index contributed by atoms with van der Waals surface area (Å²) in [6, 6.07) is 21.5. The van der Waals surface area contributed by atoms with Gasteiger partial charge in [0.15, 0.2) is 0 Å². The number of aromatic nitrogens is 4. The van der Waals surface area contributed by atoms with Gasteiger partial charge in [-0.25, -0.2) is 28.4 Å². The van der Waals surface area contributed by atoms with E-state index in [0.29, 0.717) is 17.3 Å². The summed E-state index contributed by atoms with van der Waals surface area (Å²) in [6.45, 7) is 9.71. The minimum atomic E-state index is -3.74. The zero-order valence-electron chi connectivity index (χ0n) is 26.6. The van der Waals surface area contributed by atoms with Gasteiger partial charge in [0, 0.05) is 63.2 Å². The van der Waals surface area contributed by atoms with Crippen molar-refractivity contribution in [2.75, 3.05) is 61.4 Å². The maximum Gasteiger partial charge on any atom is 0.261 e. The molecule has 0 unspecified atom stereocenters. The van der Waals surface area contributed by atoms with E-state index in [1.54, 1.807) is 73.3 Å². The molecule has 2 N–H and O–H groups in total. The number of benzene rings is 2. The Kier molecular flexibility index (Phi) is 10.1. The van der Waals surface area contributed by atoms with Crippen LogP contribution in [0.25, 0.3) is 21.8 Å². The van der Waals surface area contributed by atoms with Crippen LogP contribution in [0.15, 0.2) is 90.1 Å². The lowest BCUT2D eigenvalue weighted by Crippen LogP contribution is -2.47. The lowest BCUT2D eigenvalue weighted by Gasteiger charge is -2.35. The van der Waals surface area contributed by atoms with Gasteiger partial charge in [0.2, 0.25) is 5.95 Å². The number of ether oxygens (including phenoxy) is 1. The second-order valence-electron chi connectivity index (χ2n) is 11.5. The third-order valence-electron chi connectivity index (χ3n) is 7.78. The van der Waals surface area contributed by atoms with Gasteiger partial charge in [-0.2, -0.15) is 0 Å². The van der Waals surface area contributed by atoms with Crippen molar-refractivity contribution in [2.45, 2.75) is 24.7 Å². The first kappa shape index (κ1) is 32.5. The highest BCUT2D eigenvalue weighted by atomic mass is 32.2. The minimum absolute atomic E-state index is 0.198. The fourth-order valence-corrected chi connectivity index (χ4v) is 7.37. The van der Waals surface area contributed by atoms with Crippen LogP contribution in [0.4, 0.5) is 23.1 Å². The second kappa shape index (κ2) is 14.6. The molecular formula is C34H38N8O3S2. The number of hydrogen-bond donors (Lipinski definition) is 2. The van der Waals surface area contributed by atoms with Gasteiger partial charge in [-0.05, 0) is 42.5 Å². The fourth-order valence-electron chi connectivity index (χ4n) is 5.24. The Morgan fingerprint density at radius 3 is 2.45 bits per heavy atom. The summed E-state index contributed by atoms with van der Waals surface area (Å²) in [5.41, 5.74) is 3.47. The minimum Gasteiger partial charge on any atom is -0.383 e. The van der Waals surface area contributed by atoms with Crippen LogP contribution in [-0.2, 0) is 14.8 Å². The number of rotatable bonds is 12. The summed E-state index contributed by atoms with van der Waals surface area (Å²) in [4.78, 5) is 24.8. The summed E-state index contributed by atoms with van der Waals surface area (Å²) in [5.74, 6) is 1.59. The predicted octanol–water partition coefficient (Wildman–Crippen LogP) is 6.10. The number of piperazine rings is 1. The first-order valence-electron chi connectivity index (χ1n) is 15.5. The Morgan fingerprint density at radius 1 is 0.915 bits per heavy atom. The molecular weight excluding hydrogens is 633 g/mol. The van der Waals surface area contributed by atoms with Gasteiger partial charge in [-0.3, -0.25) is 9.62 Å². The lowest BCUT2D eigenvalue weighted by atomic mass is 10.1. The SMILES string of the molecule is COCCN1CCN(c2ccc(Nc3nccc(-c4sc(C(C)C)nc4-c4cccc(NS(=O)(=O)c5ccccc5)c4)n3)cn2)CC1. The average molecular weight is 671 g/mol. The van der Waals surface area contributed by atoms with Gasteiger partial charge < -0.3 is 15.0 Å². The Balaban J connectivity index is 1.20. The summed E-state index contributed by atoms with van der Waals surface area (Å²) >= 11 is 1.57. The second-order valence-corrected chi connectivity index (χ2v) is 14.2. The van der Waals surface area contributed by atoms with E-state index in [0.717, 1.165) is 72.0 Å². The molecule has 1 saturated heterocycles. The number of hydrogen-bond acceptors (Lipinski definition) is 11. The van der Waals surface area contributed by atoms with Crippen molar-refractivity contribution >= 4 is 44.5 Å². The molecule has 6 rings (SSSR count). The molecule has 0 spiro atoms. The van der Waals surface area contributed by atoms with E-state index in [-0.39, 0.29) is 10.8 Å². The standard InChI is InChI=1S/C34H38N8O3S2/c1-24(2)33-39-31(25-8-7-9-26(22-25)40-47(43,44)28-10-5-4-6-11-28)32(46-33)29-14-15-35-34(38-29)37-27-12-13-30(36-23-27)42-18-16-41(17-19-42)20-21-45-3/h4-15,22-24,40H,16-21H2,1-3H3,(H,35,37,38). The topological polar surface area (TPSA) is 125 Å². The Morgan fingerprint density at radius 2 is 1.72 bits per heavy atom. The van der Waals surface area contributed by atoms with Crippen LogP contribution >= 0.6 is 11.3 Å². The number of sulfonamides is 1.